The Morgan fingerprint density at radius 2 is 1.74 bits per heavy atom. The van der Waals surface area contributed by atoms with Crippen molar-refractivity contribution in [1.82, 2.24) is 0 Å². The summed E-state index contributed by atoms with van der Waals surface area (Å²) < 4.78 is 14.6. The van der Waals surface area contributed by atoms with Crippen LogP contribution in [-0.4, -0.2) is 11.6 Å². The van der Waals surface area contributed by atoms with Crippen LogP contribution in [0.25, 0.3) is 0 Å². The third-order valence-corrected chi connectivity index (χ3v) is 7.71. The highest BCUT2D eigenvalue weighted by atomic mass is 19.1. The molecule has 0 unspecified atom stereocenters. The highest BCUT2D eigenvalue weighted by Crippen LogP contribution is 2.65. The zero-order chi connectivity index (χ0) is 16.6. The van der Waals surface area contributed by atoms with Crippen LogP contribution in [0.5, 0.6) is 0 Å². The second-order valence-electron chi connectivity index (χ2n) is 8.63. The highest BCUT2D eigenvalue weighted by Gasteiger charge is 2.60. The van der Waals surface area contributed by atoms with Gasteiger partial charge in [0.1, 0.15) is 5.78 Å². The molecule has 4 rings (SSSR count). The van der Waals surface area contributed by atoms with Crippen LogP contribution in [0, 0.1) is 28.6 Å². The van der Waals surface area contributed by atoms with Crippen LogP contribution < -0.4 is 0 Å². The number of carbonyl (C=O) groups is 2. The molecule has 0 aliphatic heterocycles. The summed E-state index contributed by atoms with van der Waals surface area (Å²) in [6.45, 7) is 8.42. The van der Waals surface area contributed by atoms with Crippen molar-refractivity contribution in [3.8, 4) is 0 Å². The molecule has 0 saturated heterocycles. The summed E-state index contributed by atoms with van der Waals surface area (Å²) in [5, 5.41) is 0. The van der Waals surface area contributed by atoms with Crippen molar-refractivity contribution in [2.24, 2.45) is 28.6 Å². The monoisotopic (exact) mass is 316 g/mol. The summed E-state index contributed by atoms with van der Waals surface area (Å²) in [6, 6.07) is 0. The Labute approximate surface area is 137 Å². The molecule has 3 fully saturated rings. The molecule has 0 radical (unpaired) electrons. The maximum absolute atomic E-state index is 14.6. The number of halogens is 1. The fraction of sp³-hybridized carbons (Fsp3) is 0.700. The van der Waals surface area contributed by atoms with Gasteiger partial charge in [-0.25, -0.2) is 4.39 Å². The lowest BCUT2D eigenvalue weighted by Gasteiger charge is -2.57. The molecule has 4 aliphatic carbocycles. The number of carbonyl (C=O) groups excluding carboxylic acids is 2. The fourth-order valence-corrected chi connectivity index (χ4v) is 6.45. The topological polar surface area (TPSA) is 34.1 Å². The van der Waals surface area contributed by atoms with E-state index in [0.29, 0.717) is 42.0 Å². The van der Waals surface area contributed by atoms with E-state index in [-0.39, 0.29) is 16.6 Å². The van der Waals surface area contributed by atoms with Gasteiger partial charge >= 0.3 is 0 Å². The second-order valence-corrected chi connectivity index (χ2v) is 8.63. The van der Waals surface area contributed by atoms with Crippen LogP contribution in [0.15, 0.2) is 23.6 Å². The summed E-state index contributed by atoms with van der Waals surface area (Å²) >= 11 is 0. The van der Waals surface area contributed by atoms with E-state index in [0.717, 1.165) is 37.7 Å². The largest absolute Gasteiger partial charge is 0.299 e. The summed E-state index contributed by atoms with van der Waals surface area (Å²) in [5.74, 6) is 0.743. The zero-order valence-corrected chi connectivity index (χ0v) is 14.1. The number of hydrogen-bond acceptors (Lipinski definition) is 2. The van der Waals surface area contributed by atoms with E-state index in [1.807, 2.05) is 0 Å². The molecule has 0 heterocycles. The minimum atomic E-state index is -0.530. The lowest BCUT2D eigenvalue weighted by atomic mass is 9.46. The van der Waals surface area contributed by atoms with Gasteiger partial charge in [0, 0.05) is 23.8 Å². The molecule has 0 spiro atoms. The van der Waals surface area contributed by atoms with Gasteiger partial charge in [-0.2, -0.15) is 0 Å². The maximum Gasteiger partial charge on any atom is 0.191 e. The first-order chi connectivity index (χ1) is 10.8. The van der Waals surface area contributed by atoms with Gasteiger partial charge < -0.3 is 0 Å². The van der Waals surface area contributed by atoms with Crippen molar-refractivity contribution >= 4 is 11.6 Å². The van der Waals surface area contributed by atoms with Crippen molar-refractivity contribution in [2.45, 2.75) is 58.8 Å². The number of rotatable bonds is 0. The third-order valence-electron chi connectivity index (χ3n) is 7.71. The number of allylic oxidation sites excluding steroid dienone is 2. The minimum Gasteiger partial charge on any atom is -0.299 e. The average molecular weight is 316 g/mol. The molecule has 0 N–H and O–H groups in total. The molecular formula is C20H25FO2. The van der Waals surface area contributed by atoms with E-state index in [2.05, 4.69) is 20.4 Å². The zero-order valence-electron chi connectivity index (χ0n) is 14.1. The van der Waals surface area contributed by atoms with Crippen molar-refractivity contribution in [3.05, 3.63) is 23.6 Å². The van der Waals surface area contributed by atoms with Gasteiger partial charge in [-0.1, -0.05) is 20.4 Å². The van der Waals surface area contributed by atoms with Crippen LogP contribution in [0.4, 0.5) is 4.39 Å². The molecule has 5 atom stereocenters. The first-order valence-electron chi connectivity index (χ1n) is 8.94. The van der Waals surface area contributed by atoms with Crippen molar-refractivity contribution in [3.63, 3.8) is 0 Å². The number of hydrogen-bond donors (Lipinski definition) is 0. The smallest absolute Gasteiger partial charge is 0.191 e. The van der Waals surface area contributed by atoms with Crippen LogP contribution >= 0.6 is 0 Å². The van der Waals surface area contributed by atoms with Crippen molar-refractivity contribution in [2.75, 3.05) is 0 Å². The van der Waals surface area contributed by atoms with E-state index in [1.165, 1.54) is 0 Å². The van der Waals surface area contributed by atoms with Gasteiger partial charge in [-0.3, -0.25) is 9.59 Å². The van der Waals surface area contributed by atoms with Gasteiger partial charge in [0.2, 0.25) is 0 Å². The second kappa shape index (κ2) is 4.64. The Morgan fingerprint density at radius 1 is 1.04 bits per heavy atom. The summed E-state index contributed by atoms with van der Waals surface area (Å²) in [5.41, 5.74) is 0.971. The SMILES string of the molecule is C=C1C[C@@H]2[C@@H](CC[C@]3(C)C(=O)CC[C@@H]23)[C@@]2(C)CCC(=O)C(F)=C12. The van der Waals surface area contributed by atoms with E-state index < -0.39 is 5.83 Å². The number of Topliss-reactive ketones (excluding diaryl/α,β-unsaturated/α-hetero) is 2. The van der Waals surface area contributed by atoms with Gasteiger partial charge in [0.05, 0.1) is 0 Å². The summed E-state index contributed by atoms with van der Waals surface area (Å²) in [6.07, 6.45) is 5.35. The molecule has 0 aromatic heterocycles. The van der Waals surface area contributed by atoms with E-state index in [1.54, 1.807) is 0 Å². The molecule has 0 amide bonds. The predicted molar refractivity (Wildman–Crippen MR) is 86.3 cm³/mol. The third kappa shape index (κ3) is 1.79. The molecule has 124 valence electrons. The average Bonchev–Trinajstić information content (AvgIpc) is 2.79. The minimum absolute atomic E-state index is 0.179. The number of ketones is 2. The summed E-state index contributed by atoms with van der Waals surface area (Å²) in [4.78, 5) is 24.3. The number of fused-ring (bicyclic) bond motifs is 5. The standard InChI is InChI=1S/C20H25FO2/c1-11-10-12-13-4-5-16(23)19(13,2)8-6-14(12)20(3)9-7-15(22)18(21)17(11)20/h12-14H,1,4-10H2,2-3H3/t12-,13-,14+,19-,20+/m0/s1. The maximum atomic E-state index is 14.6. The van der Waals surface area contributed by atoms with Gasteiger partial charge in [0.15, 0.2) is 11.6 Å². The van der Waals surface area contributed by atoms with Gasteiger partial charge in [-0.15, -0.1) is 0 Å². The molecular weight excluding hydrogens is 291 g/mol. The van der Waals surface area contributed by atoms with Crippen LogP contribution in [0.2, 0.25) is 0 Å². The lowest BCUT2D eigenvalue weighted by molar-refractivity contribution is -0.132. The highest BCUT2D eigenvalue weighted by molar-refractivity contribution is 5.96. The van der Waals surface area contributed by atoms with Crippen LogP contribution in [0.3, 0.4) is 0 Å². The predicted octanol–water partition coefficient (Wildman–Crippen LogP) is 4.55. The van der Waals surface area contributed by atoms with E-state index in [4.69, 9.17) is 0 Å². The quantitative estimate of drug-likeness (QED) is 0.657. The molecule has 2 nitrogen and oxygen atoms in total. The molecule has 3 heteroatoms. The van der Waals surface area contributed by atoms with E-state index in [9.17, 15) is 14.0 Å². The fourth-order valence-electron chi connectivity index (χ4n) is 6.45. The molecule has 4 aliphatic rings. The van der Waals surface area contributed by atoms with Crippen molar-refractivity contribution < 1.29 is 14.0 Å². The molecule has 0 bridgehead atoms. The Bertz CT molecular complexity index is 661. The van der Waals surface area contributed by atoms with Gasteiger partial charge in [-0.05, 0) is 60.8 Å². The Hall–Kier alpha value is -1.25. The van der Waals surface area contributed by atoms with E-state index >= 15 is 0 Å². The Morgan fingerprint density at radius 3 is 2.48 bits per heavy atom. The Balaban J connectivity index is 1.79. The molecule has 3 saturated carbocycles. The van der Waals surface area contributed by atoms with Gasteiger partial charge in [0.25, 0.3) is 0 Å². The normalized spacial score (nSPS) is 46.6. The van der Waals surface area contributed by atoms with Crippen LogP contribution in [0.1, 0.15) is 58.8 Å². The first-order valence-corrected chi connectivity index (χ1v) is 8.94. The molecule has 23 heavy (non-hydrogen) atoms. The molecule has 0 aromatic rings. The van der Waals surface area contributed by atoms with Crippen molar-refractivity contribution in [1.29, 1.82) is 0 Å². The first kappa shape index (κ1) is 15.3. The lowest BCUT2D eigenvalue weighted by Crippen LogP contribution is -2.51. The Kier molecular flexibility index (Phi) is 3.09. The molecule has 0 aromatic carbocycles. The summed E-state index contributed by atoms with van der Waals surface area (Å²) in [7, 11) is 0. The van der Waals surface area contributed by atoms with Crippen LogP contribution in [-0.2, 0) is 9.59 Å².